The van der Waals surface area contributed by atoms with Crippen LogP contribution in [0, 0.1) is 11.3 Å². The van der Waals surface area contributed by atoms with Crippen LogP contribution in [-0.2, 0) is 16.0 Å². The number of anilines is 2. The second-order valence-electron chi connectivity index (χ2n) is 7.28. The number of halogens is 3. The summed E-state index contributed by atoms with van der Waals surface area (Å²) in [5, 5.41) is 13.4. The lowest BCUT2D eigenvalue weighted by atomic mass is 10.1. The lowest BCUT2D eigenvalue weighted by Crippen LogP contribution is -2.31. The first-order chi connectivity index (χ1) is 16.4. The molecule has 4 rings (SSSR count). The van der Waals surface area contributed by atoms with Crippen LogP contribution < -0.4 is 10.2 Å². The van der Waals surface area contributed by atoms with E-state index in [1.54, 1.807) is 42.5 Å². The monoisotopic (exact) mass is 527 g/mol. The van der Waals surface area contributed by atoms with Crippen LogP contribution in [0.5, 0.6) is 0 Å². The molecule has 1 saturated heterocycles. The van der Waals surface area contributed by atoms with Crippen molar-refractivity contribution >= 4 is 69.8 Å². The Balaban J connectivity index is 1.74. The zero-order valence-electron chi connectivity index (χ0n) is 17.5. The number of thioether (sulfide) groups is 1. The quantitative estimate of drug-likeness (QED) is 0.295. The fourth-order valence-electron chi connectivity index (χ4n) is 3.44. The van der Waals surface area contributed by atoms with Gasteiger partial charge < -0.3 is 5.32 Å². The summed E-state index contributed by atoms with van der Waals surface area (Å²) >= 11 is 19.7. The maximum atomic E-state index is 13.5. The molecule has 0 radical (unpaired) electrons. The first kappa shape index (κ1) is 24.2. The number of para-hydroxylation sites is 1. The second-order valence-corrected chi connectivity index (χ2v) is 9.72. The van der Waals surface area contributed by atoms with Gasteiger partial charge in [-0.2, -0.15) is 5.26 Å². The van der Waals surface area contributed by atoms with Crippen LogP contribution in [0.15, 0.2) is 83.4 Å². The van der Waals surface area contributed by atoms with Gasteiger partial charge in [0.1, 0.15) is 16.7 Å². The minimum Gasteiger partial charge on any atom is -0.320 e. The smallest absolute Gasteiger partial charge is 0.269 e. The molecule has 1 atom stereocenters. The molecule has 170 valence electrons. The Labute approximate surface area is 215 Å². The number of hydrogen-bond donors (Lipinski definition) is 1. The zero-order valence-corrected chi connectivity index (χ0v) is 20.6. The molecule has 1 aliphatic heterocycles. The van der Waals surface area contributed by atoms with Crippen molar-refractivity contribution in [1.82, 2.24) is 0 Å². The molecular formula is C25H16Cl3N3O2S. The second kappa shape index (κ2) is 10.5. The lowest BCUT2D eigenvalue weighted by molar-refractivity contribution is -0.117. The number of carbonyl (C=O) groups is 2. The molecular weight excluding hydrogens is 513 g/mol. The predicted molar refractivity (Wildman–Crippen MR) is 138 cm³/mol. The van der Waals surface area contributed by atoms with E-state index in [0.717, 1.165) is 17.3 Å². The maximum Gasteiger partial charge on any atom is 0.269 e. The molecule has 3 aromatic carbocycles. The normalized spacial score (nSPS) is 16.8. The molecule has 0 saturated carbocycles. The summed E-state index contributed by atoms with van der Waals surface area (Å²) in [6.45, 7) is 0. The summed E-state index contributed by atoms with van der Waals surface area (Å²) in [5.41, 5.74) is 1.41. The Hall–Kier alpha value is -2.95. The summed E-state index contributed by atoms with van der Waals surface area (Å²) in [6, 6.07) is 22.7. The Morgan fingerprint density at radius 1 is 1.00 bits per heavy atom. The predicted octanol–water partition coefficient (Wildman–Crippen LogP) is 6.71. The van der Waals surface area contributed by atoms with Gasteiger partial charge in [-0.25, -0.2) is 0 Å². The van der Waals surface area contributed by atoms with Gasteiger partial charge in [-0.3, -0.25) is 14.5 Å². The van der Waals surface area contributed by atoms with Gasteiger partial charge in [-0.1, -0.05) is 83.0 Å². The third kappa shape index (κ3) is 5.08. The third-order valence-electron chi connectivity index (χ3n) is 5.06. The van der Waals surface area contributed by atoms with E-state index in [2.05, 4.69) is 5.32 Å². The first-order valence-electron chi connectivity index (χ1n) is 10.1. The topological polar surface area (TPSA) is 73.2 Å². The molecule has 5 nitrogen and oxygen atoms in total. The fourth-order valence-corrected chi connectivity index (χ4v) is 5.29. The molecule has 1 unspecified atom stereocenters. The molecule has 0 spiro atoms. The van der Waals surface area contributed by atoms with Gasteiger partial charge in [0.2, 0.25) is 5.91 Å². The fraction of sp³-hybridized carbons (Fsp3) is 0.0800. The van der Waals surface area contributed by atoms with Crippen molar-refractivity contribution in [1.29, 1.82) is 5.26 Å². The van der Waals surface area contributed by atoms with Crippen molar-refractivity contribution in [3.63, 3.8) is 0 Å². The van der Waals surface area contributed by atoms with E-state index in [1.807, 2.05) is 30.3 Å². The van der Waals surface area contributed by atoms with E-state index >= 15 is 0 Å². The van der Waals surface area contributed by atoms with Gasteiger partial charge in [-0.05, 0) is 48.4 Å². The molecule has 0 bridgehead atoms. The number of rotatable bonds is 5. The molecule has 1 fully saturated rings. The van der Waals surface area contributed by atoms with Crippen molar-refractivity contribution in [3.8, 4) is 6.07 Å². The average Bonchev–Trinajstić information content (AvgIpc) is 3.14. The lowest BCUT2D eigenvalue weighted by Gasteiger charge is -2.18. The first-order valence-corrected chi connectivity index (χ1v) is 12.1. The molecule has 1 aliphatic rings. The molecule has 1 heterocycles. The number of nitriles is 1. The van der Waals surface area contributed by atoms with E-state index in [4.69, 9.17) is 34.8 Å². The highest BCUT2D eigenvalue weighted by atomic mass is 35.5. The van der Waals surface area contributed by atoms with E-state index in [1.165, 1.54) is 11.0 Å². The number of carbonyl (C=O) groups excluding carboxylic acids is 2. The number of benzene rings is 3. The summed E-state index contributed by atoms with van der Waals surface area (Å²) < 4.78 is 0. The average molecular weight is 529 g/mol. The number of nitrogens with one attached hydrogen (secondary N) is 1. The molecule has 0 aliphatic carbocycles. The van der Waals surface area contributed by atoms with Gasteiger partial charge in [0, 0.05) is 15.7 Å². The van der Waals surface area contributed by atoms with Gasteiger partial charge in [0.05, 0.1) is 16.0 Å². The Kier molecular flexibility index (Phi) is 7.50. The van der Waals surface area contributed by atoms with E-state index in [0.29, 0.717) is 22.2 Å². The van der Waals surface area contributed by atoms with Crippen LogP contribution in [0.2, 0.25) is 15.1 Å². The summed E-state index contributed by atoms with van der Waals surface area (Å²) in [4.78, 5) is 28.0. The van der Waals surface area contributed by atoms with Crippen LogP contribution in [0.4, 0.5) is 11.4 Å². The molecule has 9 heteroatoms. The standard InChI is InChI=1S/C25H16Cl3N3O2S/c26-16-10-11-20(28)21(13-16)30-23(32)18(14-29)25-31(17-7-2-1-3-8-17)24(33)22(34-25)12-15-6-4-5-9-19(15)27/h1-11,13,22H,12H2,(H,30,32)/b25-18-. The van der Waals surface area contributed by atoms with Crippen molar-refractivity contribution in [2.24, 2.45) is 0 Å². The van der Waals surface area contributed by atoms with Gasteiger partial charge in [0.15, 0.2) is 0 Å². The largest absolute Gasteiger partial charge is 0.320 e. The van der Waals surface area contributed by atoms with Crippen LogP contribution >= 0.6 is 46.6 Å². The van der Waals surface area contributed by atoms with E-state index < -0.39 is 11.2 Å². The third-order valence-corrected chi connectivity index (χ3v) is 7.26. The van der Waals surface area contributed by atoms with E-state index in [9.17, 15) is 14.9 Å². The zero-order chi connectivity index (χ0) is 24.2. The van der Waals surface area contributed by atoms with Gasteiger partial charge in [-0.15, -0.1) is 0 Å². The van der Waals surface area contributed by atoms with Gasteiger partial charge in [0.25, 0.3) is 5.91 Å². The molecule has 34 heavy (non-hydrogen) atoms. The van der Waals surface area contributed by atoms with Gasteiger partial charge >= 0.3 is 0 Å². The van der Waals surface area contributed by atoms with Crippen molar-refractivity contribution in [2.45, 2.75) is 11.7 Å². The van der Waals surface area contributed by atoms with Crippen LogP contribution in [0.3, 0.4) is 0 Å². The molecule has 3 aromatic rings. The van der Waals surface area contributed by atoms with Crippen LogP contribution in [0.25, 0.3) is 0 Å². The Bertz CT molecular complexity index is 1340. The number of amides is 2. The van der Waals surface area contributed by atoms with Crippen molar-refractivity contribution in [2.75, 3.05) is 10.2 Å². The van der Waals surface area contributed by atoms with Crippen molar-refractivity contribution in [3.05, 3.63) is 104 Å². The summed E-state index contributed by atoms with van der Waals surface area (Å²) in [7, 11) is 0. The SMILES string of the molecule is N#C/C(C(=O)Nc1cc(Cl)ccc1Cl)=C1/SC(Cc2ccccc2Cl)C(=O)N1c1ccccc1. The minimum absolute atomic E-state index is 0.208. The minimum atomic E-state index is -0.693. The number of nitrogens with zero attached hydrogens (tertiary/aromatic N) is 2. The highest BCUT2D eigenvalue weighted by Gasteiger charge is 2.41. The highest BCUT2D eigenvalue weighted by Crippen LogP contribution is 2.42. The Morgan fingerprint density at radius 2 is 1.71 bits per heavy atom. The van der Waals surface area contributed by atoms with Crippen molar-refractivity contribution < 1.29 is 9.59 Å². The molecule has 1 N–H and O–H groups in total. The Morgan fingerprint density at radius 3 is 2.41 bits per heavy atom. The maximum absolute atomic E-state index is 13.5. The highest BCUT2D eigenvalue weighted by molar-refractivity contribution is 8.05. The van der Waals surface area contributed by atoms with E-state index in [-0.39, 0.29) is 27.2 Å². The summed E-state index contributed by atoms with van der Waals surface area (Å²) in [6.07, 6.45) is 0.344. The van der Waals surface area contributed by atoms with Crippen LogP contribution in [0.1, 0.15) is 5.56 Å². The molecule has 0 aromatic heterocycles. The number of hydrogen-bond acceptors (Lipinski definition) is 4. The van der Waals surface area contributed by atoms with Crippen LogP contribution in [-0.4, -0.2) is 17.1 Å². The summed E-state index contributed by atoms with van der Waals surface area (Å²) in [5.74, 6) is -0.936. The molecule has 2 amide bonds.